The molecule has 10 heteroatoms. The van der Waals surface area contributed by atoms with Gasteiger partial charge in [-0.15, -0.1) is 0 Å². The van der Waals surface area contributed by atoms with E-state index >= 15 is 0 Å². The molecule has 0 amide bonds. The molecule has 9 nitrogen and oxygen atoms in total. The monoisotopic (exact) mass is 423 g/mol. The number of hydrazone groups is 1. The Morgan fingerprint density at radius 2 is 2.00 bits per heavy atom. The Labute approximate surface area is 179 Å². The molecule has 0 radical (unpaired) electrons. The van der Waals surface area contributed by atoms with Crippen molar-refractivity contribution in [2.24, 2.45) is 16.8 Å². The summed E-state index contributed by atoms with van der Waals surface area (Å²) in [6.45, 7) is 3.75. The van der Waals surface area contributed by atoms with Gasteiger partial charge in [-0.2, -0.15) is 10.2 Å². The lowest BCUT2D eigenvalue weighted by Crippen LogP contribution is -2.40. The Kier molecular flexibility index (Phi) is 5.83. The van der Waals surface area contributed by atoms with Crippen LogP contribution in [0.1, 0.15) is 30.0 Å². The Bertz CT molecular complexity index is 1100. The van der Waals surface area contributed by atoms with Crippen molar-refractivity contribution in [2.75, 3.05) is 23.8 Å². The summed E-state index contributed by atoms with van der Waals surface area (Å²) < 4.78 is 16.4. The standard InChI is InChI=1S/C21H26FN9/c1-13-2-3-19(18(22)8-13)31(25)21(29-24)17-9-14(10-27-20(17)23)15-11-28-30(12-15)16-4-6-26-7-5-16/h2-3,8-12,16,26H,4-7,24-25H2,1H3,(H2,23,27)/b29-21-. The molecule has 1 aliphatic heterocycles. The van der Waals surface area contributed by atoms with E-state index in [4.69, 9.17) is 17.4 Å². The number of hydrazine groups is 1. The minimum absolute atomic E-state index is 0.0975. The van der Waals surface area contributed by atoms with Crippen molar-refractivity contribution >= 4 is 17.3 Å². The predicted octanol–water partition coefficient (Wildman–Crippen LogP) is 1.90. The second-order valence-corrected chi connectivity index (χ2v) is 7.62. The number of anilines is 2. The van der Waals surface area contributed by atoms with Gasteiger partial charge in [0.2, 0.25) is 0 Å². The summed E-state index contributed by atoms with van der Waals surface area (Å²) in [5.41, 5.74) is 9.05. The van der Waals surface area contributed by atoms with E-state index in [9.17, 15) is 4.39 Å². The lowest BCUT2D eigenvalue weighted by Gasteiger charge is -2.22. The summed E-state index contributed by atoms with van der Waals surface area (Å²) in [5, 5.41) is 12.7. The van der Waals surface area contributed by atoms with Gasteiger partial charge >= 0.3 is 0 Å². The molecule has 0 saturated carbocycles. The fourth-order valence-electron chi connectivity index (χ4n) is 3.75. The lowest BCUT2D eigenvalue weighted by atomic mass is 10.1. The van der Waals surface area contributed by atoms with Gasteiger partial charge in [-0.25, -0.2) is 15.2 Å². The van der Waals surface area contributed by atoms with Gasteiger partial charge in [0.25, 0.3) is 0 Å². The maximum Gasteiger partial charge on any atom is 0.178 e. The third kappa shape index (κ3) is 4.21. The summed E-state index contributed by atoms with van der Waals surface area (Å²) >= 11 is 0. The quantitative estimate of drug-likeness (QED) is 0.218. The molecule has 1 fully saturated rings. The largest absolute Gasteiger partial charge is 0.383 e. The third-order valence-corrected chi connectivity index (χ3v) is 5.49. The topological polar surface area (TPSA) is 136 Å². The number of nitrogens with zero attached hydrogens (tertiary/aromatic N) is 5. The van der Waals surface area contributed by atoms with Gasteiger partial charge in [0, 0.05) is 23.5 Å². The molecule has 1 saturated heterocycles. The zero-order valence-electron chi connectivity index (χ0n) is 17.3. The van der Waals surface area contributed by atoms with Crippen LogP contribution in [0.15, 0.2) is 48.0 Å². The molecule has 3 aromatic rings. The average Bonchev–Trinajstić information content (AvgIpc) is 3.26. The van der Waals surface area contributed by atoms with Crippen molar-refractivity contribution in [3.05, 3.63) is 59.8 Å². The Morgan fingerprint density at radius 1 is 1.23 bits per heavy atom. The number of aromatic nitrogens is 3. The van der Waals surface area contributed by atoms with Crippen LogP contribution in [0.4, 0.5) is 15.9 Å². The molecular weight excluding hydrogens is 397 g/mol. The maximum atomic E-state index is 14.5. The van der Waals surface area contributed by atoms with Gasteiger partial charge in [-0.3, -0.25) is 9.69 Å². The number of rotatable bonds is 4. The van der Waals surface area contributed by atoms with Crippen molar-refractivity contribution in [2.45, 2.75) is 25.8 Å². The summed E-state index contributed by atoms with van der Waals surface area (Å²) in [6.07, 6.45) is 7.50. The lowest BCUT2D eigenvalue weighted by molar-refractivity contribution is 0.343. The smallest absolute Gasteiger partial charge is 0.178 e. The number of halogens is 1. The number of piperidine rings is 1. The number of nitrogen functional groups attached to an aromatic ring is 1. The van der Waals surface area contributed by atoms with Crippen molar-refractivity contribution in [3.8, 4) is 11.1 Å². The van der Waals surface area contributed by atoms with Crippen LogP contribution in [0.2, 0.25) is 0 Å². The Hall–Kier alpha value is -3.50. The highest BCUT2D eigenvalue weighted by Gasteiger charge is 2.21. The van der Waals surface area contributed by atoms with Crippen LogP contribution < -0.4 is 27.7 Å². The van der Waals surface area contributed by atoms with E-state index in [1.807, 2.05) is 10.9 Å². The number of nitrogens with two attached hydrogens (primary N) is 3. The van der Waals surface area contributed by atoms with Gasteiger partial charge in [0.05, 0.1) is 23.5 Å². The molecule has 162 valence electrons. The molecule has 4 rings (SSSR count). The van der Waals surface area contributed by atoms with Crippen LogP contribution in [-0.2, 0) is 0 Å². The molecule has 0 spiro atoms. The number of pyridine rings is 1. The Balaban J connectivity index is 1.66. The van der Waals surface area contributed by atoms with E-state index in [0.29, 0.717) is 11.6 Å². The van der Waals surface area contributed by atoms with Crippen LogP contribution in [0.5, 0.6) is 0 Å². The minimum Gasteiger partial charge on any atom is -0.383 e. The molecule has 7 N–H and O–H groups in total. The summed E-state index contributed by atoms with van der Waals surface area (Å²) in [4.78, 5) is 4.28. The highest BCUT2D eigenvalue weighted by atomic mass is 19.1. The van der Waals surface area contributed by atoms with Crippen LogP contribution >= 0.6 is 0 Å². The fraction of sp³-hybridized carbons (Fsp3) is 0.286. The fourth-order valence-corrected chi connectivity index (χ4v) is 3.75. The maximum absolute atomic E-state index is 14.5. The molecule has 0 unspecified atom stereocenters. The van der Waals surface area contributed by atoms with Crippen LogP contribution in [0.3, 0.4) is 0 Å². The molecule has 0 bridgehead atoms. The second-order valence-electron chi connectivity index (χ2n) is 7.62. The highest BCUT2D eigenvalue weighted by Crippen LogP contribution is 2.27. The second kappa shape index (κ2) is 8.70. The average molecular weight is 424 g/mol. The summed E-state index contributed by atoms with van der Waals surface area (Å²) in [6, 6.07) is 6.84. The SMILES string of the molecule is Cc1ccc(N(N)/C(=N\N)c2cc(-c3cnn(C4CCNCC4)c3)cnc2N)c(F)c1. The van der Waals surface area contributed by atoms with Gasteiger partial charge in [-0.1, -0.05) is 6.07 Å². The molecular formula is C21H26FN9. The first-order valence-electron chi connectivity index (χ1n) is 10.1. The van der Waals surface area contributed by atoms with Gasteiger partial charge in [-0.05, 0) is 56.6 Å². The first kappa shape index (κ1) is 20.8. The van der Waals surface area contributed by atoms with Crippen molar-refractivity contribution in [3.63, 3.8) is 0 Å². The van der Waals surface area contributed by atoms with Crippen LogP contribution in [-0.4, -0.2) is 33.7 Å². The number of amidine groups is 1. The normalized spacial score (nSPS) is 15.3. The number of nitrogens with one attached hydrogen (secondary N) is 1. The number of benzene rings is 1. The van der Waals surface area contributed by atoms with E-state index in [2.05, 4.69) is 20.5 Å². The zero-order valence-corrected chi connectivity index (χ0v) is 17.3. The molecule has 0 aliphatic carbocycles. The third-order valence-electron chi connectivity index (χ3n) is 5.49. The number of aryl methyl sites for hydroxylation is 1. The predicted molar refractivity (Wildman–Crippen MR) is 120 cm³/mol. The van der Waals surface area contributed by atoms with Gasteiger partial charge < -0.3 is 16.9 Å². The first-order valence-corrected chi connectivity index (χ1v) is 10.1. The number of hydrogen-bond donors (Lipinski definition) is 4. The first-order chi connectivity index (χ1) is 15.0. The van der Waals surface area contributed by atoms with Gasteiger partial charge in [0.1, 0.15) is 11.6 Å². The van der Waals surface area contributed by atoms with E-state index in [1.165, 1.54) is 6.07 Å². The highest BCUT2D eigenvalue weighted by molar-refractivity contribution is 6.12. The molecule has 31 heavy (non-hydrogen) atoms. The van der Waals surface area contributed by atoms with Crippen molar-refractivity contribution in [1.82, 2.24) is 20.1 Å². The molecule has 3 heterocycles. The summed E-state index contributed by atoms with van der Waals surface area (Å²) in [5.74, 6) is 11.6. The van der Waals surface area contributed by atoms with Crippen LogP contribution in [0, 0.1) is 12.7 Å². The zero-order chi connectivity index (χ0) is 22.0. The summed E-state index contributed by atoms with van der Waals surface area (Å²) in [7, 11) is 0. The molecule has 0 atom stereocenters. The van der Waals surface area contributed by atoms with E-state index in [1.54, 1.807) is 37.5 Å². The molecule has 1 aromatic carbocycles. The van der Waals surface area contributed by atoms with E-state index < -0.39 is 5.82 Å². The Morgan fingerprint density at radius 3 is 2.71 bits per heavy atom. The molecule has 2 aromatic heterocycles. The molecule has 1 aliphatic rings. The van der Waals surface area contributed by atoms with E-state index in [-0.39, 0.29) is 17.3 Å². The van der Waals surface area contributed by atoms with Crippen molar-refractivity contribution < 1.29 is 4.39 Å². The van der Waals surface area contributed by atoms with Gasteiger partial charge in [0.15, 0.2) is 5.84 Å². The minimum atomic E-state index is -0.491. The van der Waals surface area contributed by atoms with E-state index in [0.717, 1.165) is 47.6 Å². The number of hydrogen-bond acceptors (Lipinski definition) is 7. The van der Waals surface area contributed by atoms with Crippen LogP contribution in [0.25, 0.3) is 11.1 Å². The van der Waals surface area contributed by atoms with Crippen molar-refractivity contribution in [1.29, 1.82) is 0 Å².